The first-order valence-electron chi connectivity index (χ1n) is 10.5. The standard InChI is InChI=1S/C23H30N2O4S/c1-3-25(4-2)30(27,28)22-14-8-12-20(16-22)23(26)24(18-21-13-9-15-29-21)17-19-10-6-5-7-11-19/h5-8,10-12,14,16,21H,3-4,9,13,15,17-18H2,1-2H3. The summed E-state index contributed by atoms with van der Waals surface area (Å²) in [7, 11) is -3.63. The molecule has 6 nitrogen and oxygen atoms in total. The monoisotopic (exact) mass is 430 g/mol. The Morgan fingerprint density at radius 1 is 1.07 bits per heavy atom. The third kappa shape index (κ3) is 5.28. The van der Waals surface area contributed by atoms with E-state index in [1.165, 1.54) is 10.4 Å². The van der Waals surface area contributed by atoms with Crippen molar-refractivity contribution in [3.8, 4) is 0 Å². The molecule has 1 amide bonds. The van der Waals surface area contributed by atoms with Gasteiger partial charge in [0.05, 0.1) is 11.0 Å². The number of benzene rings is 2. The molecule has 0 saturated carbocycles. The summed E-state index contributed by atoms with van der Waals surface area (Å²) in [4.78, 5) is 15.3. The van der Waals surface area contributed by atoms with Gasteiger partial charge in [0.1, 0.15) is 0 Å². The van der Waals surface area contributed by atoms with E-state index in [0.29, 0.717) is 31.7 Å². The zero-order valence-corrected chi connectivity index (χ0v) is 18.5. The highest BCUT2D eigenvalue weighted by atomic mass is 32.2. The van der Waals surface area contributed by atoms with Crippen molar-refractivity contribution >= 4 is 15.9 Å². The molecule has 1 saturated heterocycles. The first-order valence-corrected chi connectivity index (χ1v) is 11.9. The van der Waals surface area contributed by atoms with Gasteiger partial charge in [0, 0.05) is 38.3 Å². The molecule has 0 spiro atoms. The van der Waals surface area contributed by atoms with Gasteiger partial charge in [0.2, 0.25) is 10.0 Å². The van der Waals surface area contributed by atoms with Crippen LogP contribution < -0.4 is 0 Å². The topological polar surface area (TPSA) is 66.9 Å². The van der Waals surface area contributed by atoms with Crippen molar-refractivity contribution in [1.82, 2.24) is 9.21 Å². The van der Waals surface area contributed by atoms with Crippen LogP contribution in [0.3, 0.4) is 0 Å². The Balaban J connectivity index is 1.88. The predicted octanol–water partition coefficient (Wildman–Crippen LogP) is 3.54. The zero-order valence-electron chi connectivity index (χ0n) is 17.7. The molecule has 1 fully saturated rings. The third-order valence-electron chi connectivity index (χ3n) is 5.38. The maximum atomic E-state index is 13.4. The molecule has 0 N–H and O–H groups in total. The summed E-state index contributed by atoms with van der Waals surface area (Å²) in [6.07, 6.45) is 1.94. The minimum absolute atomic E-state index is 0.0141. The second-order valence-electron chi connectivity index (χ2n) is 7.42. The van der Waals surface area contributed by atoms with Crippen molar-refractivity contribution in [3.63, 3.8) is 0 Å². The Morgan fingerprint density at radius 2 is 1.80 bits per heavy atom. The molecule has 1 atom stereocenters. The summed E-state index contributed by atoms with van der Waals surface area (Å²) < 4.78 is 32.9. The highest BCUT2D eigenvalue weighted by molar-refractivity contribution is 7.89. The molecule has 30 heavy (non-hydrogen) atoms. The van der Waals surface area contributed by atoms with E-state index in [2.05, 4.69) is 0 Å². The normalized spacial score (nSPS) is 16.7. The van der Waals surface area contributed by atoms with Gasteiger partial charge in [0.15, 0.2) is 0 Å². The number of hydrogen-bond acceptors (Lipinski definition) is 4. The molecule has 3 rings (SSSR count). The van der Waals surface area contributed by atoms with E-state index in [1.807, 2.05) is 30.3 Å². The molecule has 1 unspecified atom stereocenters. The van der Waals surface area contributed by atoms with Crippen molar-refractivity contribution in [1.29, 1.82) is 0 Å². The summed E-state index contributed by atoms with van der Waals surface area (Å²) in [5, 5.41) is 0. The average Bonchev–Trinajstić information content (AvgIpc) is 3.27. The SMILES string of the molecule is CCN(CC)S(=O)(=O)c1cccc(C(=O)N(Cc2ccccc2)CC2CCCO2)c1. The largest absolute Gasteiger partial charge is 0.376 e. The number of carbonyl (C=O) groups is 1. The number of sulfonamides is 1. The lowest BCUT2D eigenvalue weighted by Crippen LogP contribution is -2.37. The van der Waals surface area contributed by atoms with Gasteiger partial charge < -0.3 is 9.64 Å². The highest BCUT2D eigenvalue weighted by Gasteiger charge is 2.26. The quantitative estimate of drug-likeness (QED) is 0.610. The fourth-order valence-electron chi connectivity index (χ4n) is 3.74. The van der Waals surface area contributed by atoms with E-state index >= 15 is 0 Å². The summed E-state index contributed by atoms with van der Waals surface area (Å²) in [5.41, 5.74) is 1.40. The van der Waals surface area contributed by atoms with Gasteiger partial charge in [-0.25, -0.2) is 8.42 Å². The van der Waals surface area contributed by atoms with Gasteiger partial charge in [-0.05, 0) is 36.6 Å². The van der Waals surface area contributed by atoms with Crippen molar-refractivity contribution in [2.45, 2.75) is 44.2 Å². The smallest absolute Gasteiger partial charge is 0.254 e. The van der Waals surface area contributed by atoms with Gasteiger partial charge >= 0.3 is 0 Å². The van der Waals surface area contributed by atoms with E-state index < -0.39 is 10.0 Å². The minimum Gasteiger partial charge on any atom is -0.376 e. The molecule has 1 heterocycles. The Labute approximate surface area is 179 Å². The van der Waals surface area contributed by atoms with Crippen molar-refractivity contribution in [2.24, 2.45) is 0 Å². The lowest BCUT2D eigenvalue weighted by atomic mass is 10.1. The third-order valence-corrected chi connectivity index (χ3v) is 7.42. The van der Waals surface area contributed by atoms with E-state index in [1.54, 1.807) is 36.9 Å². The van der Waals surface area contributed by atoms with Gasteiger partial charge in [-0.2, -0.15) is 4.31 Å². The van der Waals surface area contributed by atoms with Crippen LogP contribution in [0.2, 0.25) is 0 Å². The molecule has 0 radical (unpaired) electrons. The first-order chi connectivity index (χ1) is 14.5. The number of ether oxygens (including phenoxy) is 1. The highest BCUT2D eigenvalue weighted by Crippen LogP contribution is 2.21. The molecule has 0 aliphatic carbocycles. The first kappa shape index (κ1) is 22.5. The van der Waals surface area contributed by atoms with Crippen molar-refractivity contribution in [2.75, 3.05) is 26.2 Å². The number of amides is 1. The number of hydrogen-bond donors (Lipinski definition) is 0. The molecule has 1 aliphatic rings. The number of carbonyl (C=O) groups excluding carboxylic acids is 1. The van der Waals surface area contributed by atoms with Gasteiger partial charge in [-0.15, -0.1) is 0 Å². The van der Waals surface area contributed by atoms with Crippen molar-refractivity contribution in [3.05, 3.63) is 65.7 Å². The van der Waals surface area contributed by atoms with E-state index in [9.17, 15) is 13.2 Å². The van der Waals surface area contributed by atoms with Crippen LogP contribution in [0.25, 0.3) is 0 Å². The van der Waals surface area contributed by atoms with E-state index in [0.717, 1.165) is 25.0 Å². The number of rotatable bonds is 9. The molecule has 2 aromatic rings. The summed E-state index contributed by atoms with van der Waals surface area (Å²) in [5.74, 6) is -0.189. The van der Waals surface area contributed by atoms with E-state index in [-0.39, 0.29) is 16.9 Å². The van der Waals surface area contributed by atoms with Gasteiger partial charge in [-0.1, -0.05) is 50.2 Å². The fraction of sp³-hybridized carbons (Fsp3) is 0.435. The average molecular weight is 431 g/mol. The number of nitrogens with zero attached hydrogens (tertiary/aromatic N) is 2. The van der Waals surface area contributed by atoms with Crippen LogP contribution >= 0.6 is 0 Å². The lowest BCUT2D eigenvalue weighted by Gasteiger charge is -2.26. The molecule has 0 bridgehead atoms. The second-order valence-corrected chi connectivity index (χ2v) is 9.36. The Morgan fingerprint density at radius 3 is 2.43 bits per heavy atom. The maximum Gasteiger partial charge on any atom is 0.254 e. The van der Waals surface area contributed by atoms with Crippen LogP contribution in [0.5, 0.6) is 0 Å². The minimum atomic E-state index is -3.63. The molecule has 1 aliphatic heterocycles. The van der Waals surface area contributed by atoms with Gasteiger partial charge in [-0.3, -0.25) is 4.79 Å². The summed E-state index contributed by atoms with van der Waals surface area (Å²) in [6, 6.07) is 16.1. The molecular formula is C23H30N2O4S. The summed E-state index contributed by atoms with van der Waals surface area (Å²) in [6.45, 7) is 6.04. The van der Waals surface area contributed by atoms with Crippen LogP contribution in [-0.2, 0) is 21.3 Å². The zero-order chi connectivity index (χ0) is 21.6. The van der Waals surface area contributed by atoms with Crippen LogP contribution in [0.15, 0.2) is 59.5 Å². The van der Waals surface area contributed by atoms with Crippen LogP contribution in [0.4, 0.5) is 0 Å². The lowest BCUT2D eigenvalue weighted by molar-refractivity contribution is 0.0507. The second kappa shape index (κ2) is 10.2. The van der Waals surface area contributed by atoms with E-state index in [4.69, 9.17) is 4.74 Å². The Bertz CT molecular complexity index is 937. The fourth-order valence-corrected chi connectivity index (χ4v) is 5.25. The summed E-state index contributed by atoms with van der Waals surface area (Å²) >= 11 is 0. The molecular weight excluding hydrogens is 400 g/mol. The van der Waals surface area contributed by atoms with Crippen LogP contribution in [0.1, 0.15) is 42.6 Å². The predicted molar refractivity (Wildman–Crippen MR) is 117 cm³/mol. The molecule has 0 aromatic heterocycles. The Kier molecular flexibility index (Phi) is 7.64. The maximum absolute atomic E-state index is 13.4. The van der Waals surface area contributed by atoms with Crippen molar-refractivity contribution < 1.29 is 17.9 Å². The molecule has 2 aromatic carbocycles. The molecule has 7 heteroatoms. The Hall–Kier alpha value is -2.22. The van der Waals surface area contributed by atoms with Crippen LogP contribution in [0, 0.1) is 0 Å². The van der Waals surface area contributed by atoms with Gasteiger partial charge in [0.25, 0.3) is 5.91 Å². The van der Waals surface area contributed by atoms with Crippen LogP contribution in [-0.4, -0.2) is 55.9 Å². The molecule has 162 valence electrons.